The molecule has 0 N–H and O–H groups in total. The SMILES string of the molecule is CCOC(=O)C1=C(C)N(c2ccc(Cl)cc2)C(=O)/C1=C\c1cc(C)n(-c2ccccc2C)c1C. The van der Waals surface area contributed by atoms with Crippen molar-refractivity contribution in [2.24, 2.45) is 0 Å². The van der Waals surface area contributed by atoms with Gasteiger partial charge in [-0.05, 0) is 88.2 Å². The molecule has 0 atom stereocenters. The largest absolute Gasteiger partial charge is 0.462 e. The Morgan fingerprint density at radius 2 is 1.71 bits per heavy atom. The van der Waals surface area contributed by atoms with Gasteiger partial charge in [-0.1, -0.05) is 29.8 Å². The van der Waals surface area contributed by atoms with Crippen LogP contribution < -0.4 is 4.90 Å². The van der Waals surface area contributed by atoms with Crippen LogP contribution in [0.5, 0.6) is 0 Å². The minimum absolute atomic E-state index is 0.222. The second kappa shape index (κ2) is 9.35. The van der Waals surface area contributed by atoms with E-state index in [1.165, 1.54) is 4.90 Å². The van der Waals surface area contributed by atoms with Crippen molar-refractivity contribution >= 4 is 35.2 Å². The van der Waals surface area contributed by atoms with E-state index in [1.807, 2.05) is 32.0 Å². The highest BCUT2D eigenvalue weighted by molar-refractivity contribution is 6.30. The minimum atomic E-state index is -0.510. The van der Waals surface area contributed by atoms with Crippen LogP contribution in [-0.4, -0.2) is 23.1 Å². The second-order valence-electron chi connectivity index (χ2n) is 8.30. The van der Waals surface area contributed by atoms with Gasteiger partial charge >= 0.3 is 5.97 Å². The van der Waals surface area contributed by atoms with Crippen molar-refractivity contribution in [1.82, 2.24) is 4.57 Å². The highest BCUT2D eigenvalue weighted by Gasteiger charge is 2.38. The number of allylic oxidation sites excluding steroid dienone is 1. The minimum Gasteiger partial charge on any atom is -0.462 e. The smallest absolute Gasteiger partial charge is 0.340 e. The summed E-state index contributed by atoms with van der Waals surface area (Å²) in [7, 11) is 0. The molecule has 34 heavy (non-hydrogen) atoms. The topological polar surface area (TPSA) is 51.5 Å². The summed E-state index contributed by atoms with van der Waals surface area (Å²) in [6.45, 7) is 9.85. The molecule has 0 saturated heterocycles. The zero-order valence-electron chi connectivity index (χ0n) is 20.0. The van der Waals surface area contributed by atoms with Gasteiger partial charge in [-0.15, -0.1) is 0 Å². The number of esters is 1. The number of amides is 1. The van der Waals surface area contributed by atoms with Crippen molar-refractivity contribution in [3.63, 3.8) is 0 Å². The predicted octanol–water partition coefficient (Wildman–Crippen LogP) is 6.32. The van der Waals surface area contributed by atoms with Gasteiger partial charge < -0.3 is 9.30 Å². The molecule has 6 heteroatoms. The highest BCUT2D eigenvalue weighted by atomic mass is 35.5. The third kappa shape index (κ3) is 4.08. The van der Waals surface area contributed by atoms with Gasteiger partial charge in [0.2, 0.25) is 0 Å². The van der Waals surface area contributed by atoms with E-state index in [4.69, 9.17) is 16.3 Å². The van der Waals surface area contributed by atoms with Crippen LogP contribution in [0.3, 0.4) is 0 Å². The molecule has 2 aromatic carbocycles. The quantitative estimate of drug-likeness (QED) is 0.321. The molecule has 0 aliphatic carbocycles. The summed E-state index contributed by atoms with van der Waals surface area (Å²) in [4.78, 5) is 28.1. The van der Waals surface area contributed by atoms with Gasteiger partial charge in [0.25, 0.3) is 5.91 Å². The van der Waals surface area contributed by atoms with E-state index in [1.54, 1.807) is 44.2 Å². The van der Waals surface area contributed by atoms with E-state index in [2.05, 4.69) is 23.6 Å². The van der Waals surface area contributed by atoms with Gasteiger partial charge in [0.1, 0.15) is 0 Å². The number of nitrogens with zero attached hydrogens (tertiary/aromatic N) is 2. The summed E-state index contributed by atoms with van der Waals surface area (Å²) in [5.41, 5.74) is 6.90. The molecular formula is C28H27ClN2O3. The fourth-order valence-corrected chi connectivity index (χ4v) is 4.58. The first-order valence-electron chi connectivity index (χ1n) is 11.2. The number of carbonyl (C=O) groups excluding carboxylic acids is 2. The van der Waals surface area contributed by atoms with Crippen LogP contribution in [-0.2, 0) is 14.3 Å². The van der Waals surface area contributed by atoms with E-state index >= 15 is 0 Å². The second-order valence-corrected chi connectivity index (χ2v) is 8.74. The number of halogens is 1. The number of para-hydroxylation sites is 1. The Balaban J connectivity index is 1.86. The maximum Gasteiger partial charge on any atom is 0.340 e. The van der Waals surface area contributed by atoms with E-state index in [0.717, 1.165) is 28.2 Å². The molecule has 174 valence electrons. The number of hydrogen-bond acceptors (Lipinski definition) is 3. The fraction of sp³-hybridized carbons (Fsp3) is 0.214. The van der Waals surface area contributed by atoms with Gasteiger partial charge in [0.05, 0.1) is 17.8 Å². The molecule has 0 fully saturated rings. The van der Waals surface area contributed by atoms with Crippen molar-refractivity contribution in [2.45, 2.75) is 34.6 Å². The van der Waals surface area contributed by atoms with Crippen LogP contribution in [0.2, 0.25) is 5.02 Å². The maximum atomic E-state index is 13.6. The average molecular weight is 475 g/mol. The maximum absolute atomic E-state index is 13.6. The summed E-state index contributed by atoms with van der Waals surface area (Å²) in [5, 5.41) is 0.571. The Kier molecular flexibility index (Phi) is 6.49. The zero-order chi connectivity index (χ0) is 24.6. The number of anilines is 1. The van der Waals surface area contributed by atoms with E-state index in [-0.39, 0.29) is 18.1 Å². The van der Waals surface area contributed by atoms with E-state index in [9.17, 15) is 9.59 Å². The third-order valence-corrected chi connectivity index (χ3v) is 6.34. The summed E-state index contributed by atoms with van der Waals surface area (Å²) < 4.78 is 7.48. The Morgan fingerprint density at radius 1 is 1.03 bits per heavy atom. The number of aryl methyl sites for hydroxylation is 2. The van der Waals surface area contributed by atoms with Crippen molar-refractivity contribution in [2.75, 3.05) is 11.5 Å². The molecule has 0 bridgehead atoms. The van der Waals surface area contributed by atoms with E-state index < -0.39 is 5.97 Å². The molecule has 1 aromatic heterocycles. The number of carbonyl (C=O) groups is 2. The number of hydrogen-bond donors (Lipinski definition) is 0. The normalized spacial score (nSPS) is 14.9. The molecule has 1 aliphatic rings. The molecule has 1 aliphatic heterocycles. The lowest BCUT2D eigenvalue weighted by Gasteiger charge is -2.18. The van der Waals surface area contributed by atoms with Gasteiger partial charge in [-0.25, -0.2) is 4.79 Å². The monoisotopic (exact) mass is 474 g/mol. The van der Waals surface area contributed by atoms with Gasteiger partial charge in [0, 0.05) is 33.5 Å². The summed E-state index contributed by atoms with van der Waals surface area (Å²) in [5.74, 6) is -0.785. The van der Waals surface area contributed by atoms with Crippen LogP contribution in [0, 0.1) is 20.8 Å². The van der Waals surface area contributed by atoms with Crippen LogP contribution in [0.1, 0.15) is 36.4 Å². The lowest BCUT2D eigenvalue weighted by atomic mass is 10.0. The lowest BCUT2D eigenvalue weighted by molar-refractivity contribution is -0.138. The van der Waals surface area contributed by atoms with Crippen LogP contribution in [0.25, 0.3) is 11.8 Å². The van der Waals surface area contributed by atoms with Crippen molar-refractivity contribution in [1.29, 1.82) is 0 Å². The first-order valence-corrected chi connectivity index (χ1v) is 11.6. The standard InChI is InChI=1S/C28H27ClN2O3/c1-6-34-28(33)26-20(5)31(23-13-11-22(29)12-14-23)27(32)24(26)16-21-15-18(3)30(19(21)4)25-10-8-7-9-17(25)2/h7-16H,6H2,1-5H3/b24-16-. The Labute approximate surface area is 204 Å². The molecule has 2 heterocycles. The van der Waals surface area contributed by atoms with Crippen LogP contribution >= 0.6 is 11.6 Å². The molecule has 4 rings (SSSR count). The Morgan fingerprint density at radius 3 is 2.35 bits per heavy atom. The lowest BCUT2D eigenvalue weighted by Crippen LogP contribution is -2.24. The highest BCUT2D eigenvalue weighted by Crippen LogP contribution is 2.37. The summed E-state index contributed by atoms with van der Waals surface area (Å²) in [6, 6.07) is 17.2. The van der Waals surface area contributed by atoms with Crippen molar-refractivity contribution < 1.29 is 14.3 Å². The van der Waals surface area contributed by atoms with Crippen LogP contribution in [0.15, 0.2) is 71.4 Å². The molecule has 5 nitrogen and oxygen atoms in total. The van der Waals surface area contributed by atoms with E-state index in [0.29, 0.717) is 22.0 Å². The number of benzene rings is 2. The first kappa shape index (κ1) is 23.6. The van der Waals surface area contributed by atoms with Gasteiger partial charge in [0.15, 0.2) is 0 Å². The molecule has 3 aromatic rings. The number of aromatic nitrogens is 1. The molecule has 0 radical (unpaired) electrons. The summed E-state index contributed by atoms with van der Waals surface area (Å²) in [6.07, 6.45) is 1.80. The fourth-order valence-electron chi connectivity index (χ4n) is 4.46. The van der Waals surface area contributed by atoms with Crippen molar-refractivity contribution in [3.05, 3.63) is 99.0 Å². The first-order chi connectivity index (χ1) is 16.2. The molecular weight excluding hydrogens is 448 g/mol. The predicted molar refractivity (Wildman–Crippen MR) is 136 cm³/mol. The van der Waals surface area contributed by atoms with Crippen LogP contribution in [0.4, 0.5) is 5.69 Å². The molecule has 0 unspecified atom stereocenters. The molecule has 0 saturated carbocycles. The Bertz CT molecular complexity index is 1350. The molecule has 1 amide bonds. The number of ether oxygens (including phenoxy) is 1. The van der Waals surface area contributed by atoms with Gasteiger partial charge in [-0.2, -0.15) is 0 Å². The zero-order valence-corrected chi connectivity index (χ0v) is 20.7. The third-order valence-electron chi connectivity index (χ3n) is 6.09. The van der Waals surface area contributed by atoms with Crippen molar-refractivity contribution in [3.8, 4) is 5.69 Å². The van der Waals surface area contributed by atoms with Gasteiger partial charge in [-0.3, -0.25) is 9.69 Å². The summed E-state index contributed by atoms with van der Waals surface area (Å²) >= 11 is 6.04. The average Bonchev–Trinajstić information content (AvgIpc) is 3.21. The molecule has 0 spiro atoms. The Hall–Kier alpha value is -3.57. The number of rotatable bonds is 5.